The molecule has 0 fully saturated rings. The molecule has 0 N–H and O–H groups in total. The van der Waals surface area contributed by atoms with Gasteiger partial charge < -0.3 is 20.8 Å². The standard InChI is InChI=1S/2CH2NO2.Zn/c2*1-2(3)4;/h2*1H2;/q2*-1;+2. The molecule has 0 bridgehead atoms. The van der Waals surface area contributed by atoms with Crippen LogP contribution in [-0.4, -0.2) is 23.2 Å². The van der Waals surface area contributed by atoms with Gasteiger partial charge in [0.25, 0.3) is 0 Å². The van der Waals surface area contributed by atoms with E-state index in [9.17, 15) is 0 Å². The van der Waals surface area contributed by atoms with Crippen LogP contribution in [-0.2, 0) is 19.5 Å². The molecule has 0 amide bonds. The molecule has 0 aromatic heterocycles. The fraction of sp³-hybridized carbons (Fsp3) is 0. The Morgan fingerprint density at radius 3 is 0.778 bits per heavy atom. The topological polar surface area (TPSA) is 98.3 Å². The van der Waals surface area contributed by atoms with Gasteiger partial charge in [-0.3, -0.25) is 0 Å². The van der Waals surface area contributed by atoms with Crippen molar-refractivity contribution in [2.45, 2.75) is 0 Å². The van der Waals surface area contributed by atoms with Gasteiger partial charge >= 0.3 is 19.5 Å². The summed E-state index contributed by atoms with van der Waals surface area (Å²) in [5.41, 5.74) is 0. The molecule has 0 saturated carbocycles. The van der Waals surface area contributed by atoms with Crippen molar-refractivity contribution >= 4 is 13.4 Å². The normalized spacial score (nSPS) is 5.33. The molecular formula is C2H4N2O4Zn. The van der Waals surface area contributed by atoms with E-state index in [0.717, 1.165) is 0 Å². The zero-order valence-electron chi connectivity index (χ0n) is 4.65. The van der Waals surface area contributed by atoms with Gasteiger partial charge in [-0.15, -0.1) is 0 Å². The molecule has 48 valence electrons. The van der Waals surface area contributed by atoms with Gasteiger partial charge in [-0.05, 0) is 0 Å². The number of hydrogen-bond donors (Lipinski definition) is 0. The molecule has 6 nitrogen and oxygen atoms in total. The van der Waals surface area contributed by atoms with Crippen molar-refractivity contribution in [1.82, 2.24) is 0 Å². The average Bonchev–Trinajstić information content (AvgIpc) is 1.25. The third-order valence-electron chi connectivity index (χ3n) is 0. The Balaban J connectivity index is -0.0000000720. The molecule has 0 rings (SSSR count). The van der Waals surface area contributed by atoms with E-state index in [0.29, 0.717) is 0 Å². The second-order valence-corrected chi connectivity index (χ2v) is 0.665. The summed E-state index contributed by atoms with van der Waals surface area (Å²) in [5.74, 6) is 0. The first-order valence-corrected chi connectivity index (χ1v) is 1.36. The first-order chi connectivity index (χ1) is 3.46. The SMILES string of the molecule is C=[N+]([O-])[O-].C=[N+]([O-])[O-].[Zn+2]. The van der Waals surface area contributed by atoms with Gasteiger partial charge in [0.1, 0.15) is 0 Å². The van der Waals surface area contributed by atoms with Gasteiger partial charge in [-0.25, -0.2) is 0 Å². The summed E-state index contributed by atoms with van der Waals surface area (Å²) in [7, 11) is 0. The predicted molar refractivity (Wildman–Crippen MR) is 28.2 cm³/mol. The molecule has 0 radical (unpaired) electrons. The summed E-state index contributed by atoms with van der Waals surface area (Å²) in [4.78, 5) is -1.50. The Labute approximate surface area is 64.2 Å². The molecule has 0 heterocycles. The predicted octanol–water partition coefficient (Wildman–Crippen LogP) is -0.612. The molecule has 7 heteroatoms. The van der Waals surface area contributed by atoms with E-state index >= 15 is 0 Å². The van der Waals surface area contributed by atoms with E-state index < -0.39 is 9.80 Å². The summed E-state index contributed by atoms with van der Waals surface area (Å²) in [5, 5.41) is 34.8. The molecule has 0 aromatic rings. The minimum Gasteiger partial charge on any atom is -0.613 e. The van der Waals surface area contributed by atoms with Gasteiger partial charge in [-0.2, -0.15) is 9.80 Å². The van der Waals surface area contributed by atoms with Crippen LogP contribution in [0.1, 0.15) is 0 Å². The van der Waals surface area contributed by atoms with Crippen molar-refractivity contribution in [3.63, 3.8) is 0 Å². The van der Waals surface area contributed by atoms with Crippen LogP contribution in [0.25, 0.3) is 0 Å². The summed E-state index contributed by atoms with van der Waals surface area (Å²) in [6, 6.07) is 0. The number of rotatable bonds is 0. The van der Waals surface area contributed by atoms with E-state index in [4.69, 9.17) is 20.8 Å². The summed E-state index contributed by atoms with van der Waals surface area (Å²) in [6.07, 6.45) is 0. The van der Waals surface area contributed by atoms with Gasteiger partial charge in [0.15, 0.2) is 13.4 Å². The molecule has 0 aliphatic carbocycles. The first-order valence-electron chi connectivity index (χ1n) is 1.36. The van der Waals surface area contributed by atoms with Crippen LogP contribution in [0.15, 0.2) is 0 Å². The van der Waals surface area contributed by atoms with E-state index in [1.807, 2.05) is 0 Å². The largest absolute Gasteiger partial charge is 2.00 e. The van der Waals surface area contributed by atoms with Gasteiger partial charge in [-0.1, -0.05) is 0 Å². The van der Waals surface area contributed by atoms with Crippen LogP contribution >= 0.6 is 0 Å². The Morgan fingerprint density at radius 2 is 0.778 bits per heavy atom. The second-order valence-electron chi connectivity index (χ2n) is 0.665. The average molecular weight is 185 g/mol. The Morgan fingerprint density at radius 1 is 0.778 bits per heavy atom. The maximum atomic E-state index is 8.69. The number of hydrogen-bond acceptors (Lipinski definition) is 4. The molecule has 9 heavy (non-hydrogen) atoms. The maximum absolute atomic E-state index is 8.69. The van der Waals surface area contributed by atoms with Crippen LogP contribution in [0, 0.1) is 20.8 Å². The molecule has 0 unspecified atom stereocenters. The quantitative estimate of drug-likeness (QED) is 0.217. The van der Waals surface area contributed by atoms with Crippen LogP contribution in [0.5, 0.6) is 0 Å². The van der Waals surface area contributed by atoms with Gasteiger partial charge in [0.2, 0.25) is 0 Å². The smallest absolute Gasteiger partial charge is 0.613 e. The molecule has 0 aromatic carbocycles. The monoisotopic (exact) mass is 184 g/mol. The van der Waals surface area contributed by atoms with Crippen LogP contribution < -0.4 is 0 Å². The molecule has 0 atom stereocenters. The molecule has 0 spiro atoms. The zero-order chi connectivity index (χ0) is 7.15. The summed E-state index contributed by atoms with van der Waals surface area (Å²) < 4.78 is 0. The maximum Gasteiger partial charge on any atom is 2.00 e. The number of nitrogens with zero attached hydrogens (tertiary/aromatic N) is 2. The van der Waals surface area contributed by atoms with Crippen LogP contribution in [0.2, 0.25) is 0 Å². The Bertz CT molecular complexity index is 74.6. The molecule has 0 saturated heterocycles. The fourth-order valence-electron chi connectivity index (χ4n) is 0. The Hall–Kier alpha value is -0.837. The van der Waals surface area contributed by atoms with Crippen molar-refractivity contribution in [2.75, 3.05) is 0 Å². The zero-order valence-corrected chi connectivity index (χ0v) is 7.62. The van der Waals surface area contributed by atoms with Crippen molar-refractivity contribution in [3.05, 3.63) is 20.8 Å². The third kappa shape index (κ3) is 273. The third-order valence-corrected chi connectivity index (χ3v) is 0. The van der Waals surface area contributed by atoms with Crippen LogP contribution in [0.3, 0.4) is 0 Å². The summed E-state index contributed by atoms with van der Waals surface area (Å²) in [6.45, 7) is 4.72. The summed E-state index contributed by atoms with van der Waals surface area (Å²) >= 11 is 0. The minimum atomic E-state index is -0.750. The van der Waals surface area contributed by atoms with Gasteiger partial charge in [0.05, 0.1) is 0 Å². The Kier molecular flexibility index (Phi) is 17.8. The van der Waals surface area contributed by atoms with Crippen molar-refractivity contribution < 1.29 is 29.3 Å². The van der Waals surface area contributed by atoms with E-state index in [1.165, 1.54) is 0 Å². The van der Waals surface area contributed by atoms with Crippen molar-refractivity contribution in [3.8, 4) is 0 Å². The second kappa shape index (κ2) is 10.2. The molecular weight excluding hydrogens is 181 g/mol. The van der Waals surface area contributed by atoms with Gasteiger partial charge in [0, 0.05) is 0 Å². The minimum absolute atomic E-state index is 0. The van der Waals surface area contributed by atoms with Crippen molar-refractivity contribution in [1.29, 1.82) is 0 Å². The first kappa shape index (κ1) is 15.7. The van der Waals surface area contributed by atoms with Crippen LogP contribution in [0.4, 0.5) is 0 Å². The van der Waals surface area contributed by atoms with E-state index in [1.54, 1.807) is 0 Å². The van der Waals surface area contributed by atoms with E-state index in [2.05, 4.69) is 13.4 Å². The molecule has 0 aliphatic heterocycles. The van der Waals surface area contributed by atoms with Crippen molar-refractivity contribution in [2.24, 2.45) is 0 Å². The molecule has 0 aliphatic rings. The fourth-order valence-corrected chi connectivity index (χ4v) is 0. The van der Waals surface area contributed by atoms with E-state index in [-0.39, 0.29) is 19.5 Å².